The molecule has 1 amide bonds. The molecule has 0 aliphatic carbocycles. The van der Waals surface area contributed by atoms with Crippen LogP contribution in [0.3, 0.4) is 0 Å². The molecule has 0 fully saturated rings. The van der Waals surface area contributed by atoms with Crippen LogP contribution in [0.15, 0.2) is 12.1 Å². The van der Waals surface area contributed by atoms with Crippen molar-refractivity contribution in [3.8, 4) is 5.75 Å². The second kappa shape index (κ2) is 7.11. The van der Waals surface area contributed by atoms with E-state index in [1.54, 1.807) is 19.2 Å². The lowest BCUT2D eigenvalue weighted by Gasteiger charge is -2.20. The molecule has 0 radical (unpaired) electrons. The van der Waals surface area contributed by atoms with E-state index in [0.29, 0.717) is 12.0 Å². The van der Waals surface area contributed by atoms with Gasteiger partial charge >= 0.3 is 5.97 Å². The van der Waals surface area contributed by atoms with Gasteiger partial charge in [-0.3, -0.25) is 4.79 Å². The number of carboxylic acids is 1. The van der Waals surface area contributed by atoms with Crippen molar-refractivity contribution in [2.75, 3.05) is 7.11 Å². The number of rotatable bonds is 6. The largest absolute Gasteiger partial charge is 0.496 e. The van der Waals surface area contributed by atoms with Crippen molar-refractivity contribution >= 4 is 11.9 Å². The van der Waals surface area contributed by atoms with E-state index in [-0.39, 0.29) is 11.8 Å². The first-order valence-corrected chi connectivity index (χ1v) is 7.00. The number of hydrogen-bond acceptors (Lipinski definition) is 3. The fourth-order valence-electron chi connectivity index (χ4n) is 2.31. The molecule has 5 heteroatoms. The van der Waals surface area contributed by atoms with Crippen molar-refractivity contribution in [1.82, 2.24) is 5.32 Å². The molecule has 2 N–H and O–H groups in total. The summed E-state index contributed by atoms with van der Waals surface area (Å²) in [5.74, 6) is -0.786. The van der Waals surface area contributed by atoms with Crippen molar-refractivity contribution in [2.45, 2.75) is 40.2 Å². The highest BCUT2D eigenvalue weighted by atomic mass is 16.5. The third kappa shape index (κ3) is 3.97. The van der Waals surface area contributed by atoms with Crippen LogP contribution in [0.2, 0.25) is 0 Å². The number of nitrogens with one attached hydrogen (secondary N) is 1. The molecule has 116 valence electrons. The summed E-state index contributed by atoms with van der Waals surface area (Å²) in [4.78, 5) is 23.5. The van der Waals surface area contributed by atoms with Gasteiger partial charge in [-0.2, -0.15) is 0 Å². The highest BCUT2D eigenvalue weighted by Gasteiger charge is 2.26. The Labute approximate surface area is 125 Å². The van der Waals surface area contributed by atoms with Crippen LogP contribution in [0.1, 0.15) is 41.8 Å². The van der Waals surface area contributed by atoms with E-state index >= 15 is 0 Å². The van der Waals surface area contributed by atoms with Crippen LogP contribution < -0.4 is 10.1 Å². The SMILES string of the molecule is CCC(C)C(NC(=O)c1cc(C)c(OC)c(C)c1)C(=O)O. The second-order valence-corrected chi connectivity index (χ2v) is 5.32. The van der Waals surface area contributed by atoms with Crippen LogP contribution in [-0.2, 0) is 4.79 Å². The molecule has 0 heterocycles. The number of carbonyl (C=O) groups is 2. The summed E-state index contributed by atoms with van der Waals surface area (Å²) >= 11 is 0. The number of ether oxygens (including phenoxy) is 1. The van der Waals surface area contributed by atoms with Gasteiger partial charge < -0.3 is 15.2 Å². The summed E-state index contributed by atoms with van der Waals surface area (Å²) in [6.45, 7) is 7.41. The lowest BCUT2D eigenvalue weighted by molar-refractivity contribution is -0.140. The number of aryl methyl sites for hydroxylation is 2. The number of aliphatic carboxylic acids is 1. The summed E-state index contributed by atoms with van der Waals surface area (Å²) in [5, 5.41) is 11.8. The van der Waals surface area contributed by atoms with Gasteiger partial charge in [0.15, 0.2) is 0 Å². The predicted molar refractivity (Wildman–Crippen MR) is 80.8 cm³/mol. The standard InChI is InChI=1S/C16H23NO4/c1-6-9(2)13(16(19)20)17-15(18)12-7-10(3)14(21-5)11(4)8-12/h7-9,13H,6H2,1-5H3,(H,17,18)(H,19,20). The quantitative estimate of drug-likeness (QED) is 0.845. The van der Waals surface area contributed by atoms with Gasteiger partial charge in [0.05, 0.1) is 7.11 Å². The molecule has 1 aromatic carbocycles. The fraction of sp³-hybridized carbons (Fsp3) is 0.500. The van der Waals surface area contributed by atoms with Crippen molar-refractivity contribution in [2.24, 2.45) is 5.92 Å². The molecule has 2 atom stereocenters. The van der Waals surface area contributed by atoms with Gasteiger partial charge in [0.1, 0.15) is 11.8 Å². The Balaban J connectivity index is 3.01. The Bertz CT molecular complexity index is 516. The van der Waals surface area contributed by atoms with Gasteiger partial charge in [-0.1, -0.05) is 20.3 Å². The molecular weight excluding hydrogens is 270 g/mol. The molecule has 0 aromatic heterocycles. The van der Waals surface area contributed by atoms with Gasteiger partial charge in [-0.25, -0.2) is 4.79 Å². The third-order valence-corrected chi connectivity index (χ3v) is 3.69. The van der Waals surface area contributed by atoms with Gasteiger partial charge in [0.25, 0.3) is 5.91 Å². The number of carbonyl (C=O) groups excluding carboxylic acids is 1. The minimum Gasteiger partial charge on any atom is -0.496 e. The van der Waals surface area contributed by atoms with E-state index in [1.165, 1.54) is 0 Å². The first-order chi connectivity index (χ1) is 9.81. The molecule has 0 spiro atoms. The zero-order chi connectivity index (χ0) is 16.2. The number of hydrogen-bond donors (Lipinski definition) is 2. The average Bonchev–Trinajstić information content (AvgIpc) is 2.42. The molecule has 2 unspecified atom stereocenters. The lowest BCUT2D eigenvalue weighted by atomic mass is 9.98. The van der Waals surface area contributed by atoms with Crippen LogP contribution in [0.25, 0.3) is 0 Å². The van der Waals surface area contributed by atoms with E-state index in [9.17, 15) is 14.7 Å². The smallest absolute Gasteiger partial charge is 0.326 e. The summed E-state index contributed by atoms with van der Waals surface area (Å²) in [7, 11) is 1.58. The highest BCUT2D eigenvalue weighted by molar-refractivity contribution is 5.97. The molecule has 0 aliphatic rings. The third-order valence-electron chi connectivity index (χ3n) is 3.69. The average molecular weight is 293 g/mol. The Morgan fingerprint density at radius 1 is 1.29 bits per heavy atom. The second-order valence-electron chi connectivity index (χ2n) is 5.32. The van der Waals surface area contributed by atoms with E-state index in [1.807, 2.05) is 27.7 Å². The molecule has 1 aromatic rings. The lowest BCUT2D eigenvalue weighted by Crippen LogP contribution is -2.45. The van der Waals surface area contributed by atoms with Crippen LogP contribution in [0.4, 0.5) is 0 Å². The van der Waals surface area contributed by atoms with Gasteiger partial charge in [-0.15, -0.1) is 0 Å². The van der Waals surface area contributed by atoms with Crippen LogP contribution in [-0.4, -0.2) is 30.1 Å². The topological polar surface area (TPSA) is 75.6 Å². The zero-order valence-corrected chi connectivity index (χ0v) is 13.2. The van der Waals surface area contributed by atoms with E-state index in [4.69, 9.17) is 4.74 Å². The molecule has 0 bridgehead atoms. The Morgan fingerprint density at radius 2 is 1.81 bits per heavy atom. The summed E-state index contributed by atoms with van der Waals surface area (Å²) < 4.78 is 5.26. The van der Waals surface area contributed by atoms with Crippen molar-refractivity contribution in [3.63, 3.8) is 0 Å². The monoisotopic (exact) mass is 293 g/mol. The molecule has 5 nitrogen and oxygen atoms in total. The number of amides is 1. The summed E-state index contributed by atoms with van der Waals surface area (Å²) in [6, 6.07) is 2.53. The highest BCUT2D eigenvalue weighted by Crippen LogP contribution is 2.24. The number of methoxy groups -OCH3 is 1. The van der Waals surface area contributed by atoms with Gasteiger partial charge in [0, 0.05) is 5.56 Å². The molecular formula is C16H23NO4. The van der Waals surface area contributed by atoms with Crippen LogP contribution >= 0.6 is 0 Å². The van der Waals surface area contributed by atoms with Crippen LogP contribution in [0, 0.1) is 19.8 Å². The van der Waals surface area contributed by atoms with Crippen molar-refractivity contribution in [1.29, 1.82) is 0 Å². The normalized spacial score (nSPS) is 13.4. The van der Waals surface area contributed by atoms with E-state index in [2.05, 4.69) is 5.32 Å². The Morgan fingerprint density at radius 3 is 2.19 bits per heavy atom. The minimum absolute atomic E-state index is 0.133. The maximum Gasteiger partial charge on any atom is 0.326 e. The van der Waals surface area contributed by atoms with Crippen molar-refractivity contribution in [3.05, 3.63) is 28.8 Å². The maximum atomic E-state index is 12.3. The molecule has 0 aliphatic heterocycles. The Kier molecular flexibility index (Phi) is 5.76. The molecule has 1 rings (SSSR count). The van der Waals surface area contributed by atoms with Crippen LogP contribution in [0.5, 0.6) is 5.75 Å². The number of benzene rings is 1. The molecule has 0 saturated carbocycles. The minimum atomic E-state index is -1.01. The first-order valence-electron chi connectivity index (χ1n) is 7.00. The van der Waals surface area contributed by atoms with Gasteiger partial charge in [-0.05, 0) is 43.0 Å². The van der Waals surface area contributed by atoms with Gasteiger partial charge in [0.2, 0.25) is 0 Å². The summed E-state index contributed by atoms with van der Waals surface area (Å²) in [5.41, 5.74) is 2.14. The predicted octanol–water partition coefficient (Wildman–Crippen LogP) is 2.54. The maximum absolute atomic E-state index is 12.3. The fourth-order valence-corrected chi connectivity index (χ4v) is 2.31. The van der Waals surface area contributed by atoms with Crippen molar-refractivity contribution < 1.29 is 19.4 Å². The molecule has 21 heavy (non-hydrogen) atoms. The zero-order valence-electron chi connectivity index (χ0n) is 13.2. The molecule has 0 saturated heterocycles. The Hall–Kier alpha value is -2.04. The summed E-state index contributed by atoms with van der Waals surface area (Å²) in [6.07, 6.45) is 0.678. The van der Waals surface area contributed by atoms with E-state index in [0.717, 1.165) is 16.9 Å². The van der Waals surface area contributed by atoms with E-state index < -0.39 is 12.0 Å². The number of carboxylic acid groups (broad SMARTS) is 1. The first kappa shape index (κ1) is 17.0.